The molecule has 0 amide bonds. The Bertz CT molecular complexity index is 401. The molecule has 1 aliphatic rings. The number of hydrogen-bond donors (Lipinski definition) is 1. The molecule has 19 heavy (non-hydrogen) atoms. The van der Waals surface area contributed by atoms with Gasteiger partial charge in [0.2, 0.25) is 0 Å². The smallest absolute Gasteiger partial charge is 0.133 e. The largest absolute Gasteiger partial charge is 0.353 e. The molecule has 2 heterocycles. The van der Waals surface area contributed by atoms with E-state index < -0.39 is 0 Å². The van der Waals surface area contributed by atoms with Crippen LogP contribution in [0.3, 0.4) is 0 Å². The summed E-state index contributed by atoms with van der Waals surface area (Å²) in [6.07, 6.45) is 4.51. The Morgan fingerprint density at radius 2 is 2.16 bits per heavy atom. The summed E-state index contributed by atoms with van der Waals surface area (Å²) in [5.41, 5.74) is 1.32. The molecule has 1 aromatic rings. The van der Waals surface area contributed by atoms with Crippen LogP contribution >= 0.6 is 0 Å². The third-order valence-electron chi connectivity index (χ3n) is 3.91. The van der Waals surface area contributed by atoms with E-state index in [1.807, 2.05) is 12.3 Å². The van der Waals surface area contributed by atoms with Gasteiger partial charge in [-0.15, -0.1) is 0 Å². The van der Waals surface area contributed by atoms with Gasteiger partial charge in [0.1, 0.15) is 5.82 Å². The van der Waals surface area contributed by atoms with Crippen molar-refractivity contribution in [3.63, 3.8) is 0 Å². The predicted molar refractivity (Wildman–Crippen MR) is 81.4 cm³/mol. The minimum atomic E-state index is 0.507. The first-order chi connectivity index (χ1) is 9.09. The number of rotatable bonds is 5. The van der Waals surface area contributed by atoms with Crippen molar-refractivity contribution in [2.75, 3.05) is 11.4 Å². The number of pyridine rings is 1. The van der Waals surface area contributed by atoms with Crippen molar-refractivity contribution in [2.45, 2.75) is 59.2 Å². The number of nitrogens with zero attached hydrogens (tertiary/aromatic N) is 2. The Balaban J connectivity index is 2.19. The minimum Gasteiger partial charge on any atom is -0.353 e. The van der Waals surface area contributed by atoms with Gasteiger partial charge in [-0.1, -0.05) is 33.8 Å². The normalized spacial score (nSPS) is 19.7. The average Bonchev–Trinajstić information content (AvgIpc) is 2.85. The van der Waals surface area contributed by atoms with Gasteiger partial charge >= 0.3 is 0 Å². The molecule has 0 radical (unpaired) electrons. The van der Waals surface area contributed by atoms with Crippen LogP contribution in [-0.2, 0) is 6.54 Å². The lowest BCUT2D eigenvalue weighted by Gasteiger charge is -2.30. The average molecular weight is 261 g/mol. The van der Waals surface area contributed by atoms with Gasteiger partial charge in [0.15, 0.2) is 0 Å². The van der Waals surface area contributed by atoms with Gasteiger partial charge in [0.05, 0.1) is 0 Å². The minimum absolute atomic E-state index is 0.507. The van der Waals surface area contributed by atoms with Gasteiger partial charge in [-0.05, 0) is 24.8 Å². The number of anilines is 1. The second-order valence-electron chi connectivity index (χ2n) is 6.17. The fourth-order valence-electron chi connectivity index (χ4n) is 2.89. The van der Waals surface area contributed by atoms with Crippen molar-refractivity contribution in [3.8, 4) is 0 Å². The monoisotopic (exact) mass is 261 g/mol. The summed E-state index contributed by atoms with van der Waals surface area (Å²) >= 11 is 0. The molecule has 3 nitrogen and oxygen atoms in total. The highest BCUT2D eigenvalue weighted by Gasteiger charge is 2.29. The van der Waals surface area contributed by atoms with E-state index >= 15 is 0 Å². The zero-order valence-corrected chi connectivity index (χ0v) is 12.7. The molecule has 1 N–H and O–H groups in total. The van der Waals surface area contributed by atoms with Crippen molar-refractivity contribution >= 4 is 5.82 Å². The molecular weight excluding hydrogens is 234 g/mol. The van der Waals surface area contributed by atoms with Crippen LogP contribution in [0.15, 0.2) is 18.3 Å². The van der Waals surface area contributed by atoms with Crippen LogP contribution < -0.4 is 10.2 Å². The Hall–Kier alpha value is -1.09. The fourth-order valence-corrected chi connectivity index (χ4v) is 2.89. The Morgan fingerprint density at radius 1 is 1.37 bits per heavy atom. The molecule has 1 unspecified atom stereocenters. The van der Waals surface area contributed by atoms with Crippen molar-refractivity contribution in [2.24, 2.45) is 5.92 Å². The molecule has 2 rings (SSSR count). The zero-order valence-electron chi connectivity index (χ0n) is 12.7. The molecule has 0 aromatic carbocycles. The van der Waals surface area contributed by atoms with Crippen LogP contribution in [0, 0.1) is 5.92 Å². The van der Waals surface area contributed by atoms with E-state index in [-0.39, 0.29) is 0 Å². The first kappa shape index (κ1) is 14.3. The lowest BCUT2D eigenvalue weighted by atomic mass is 10.0. The molecule has 0 aliphatic carbocycles. The maximum absolute atomic E-state index is 4.66. The second-order valence-corrected chi connectivity index (χ2v) is 6.17. The van der Waals surface area contributed by atoms with Gasteiger partial charge < -0.3 is 10.2 Å². The summed E-state index contributed by atoms with van der Waals surface area (Å²) in [6.45, 7) is 11.1. The predicted octanol–water partition coefficient (Wildman–Crippen LogP) is 3.20. The first-order valence-corrected chi connectivity index (χ1v) is 7.53. The number of hydrogen-bond acceptors (Lipinski definition) is 3. The second kappa shape index (κ2) is 6.38. The summed E-state index contributed by atoms with van der Waals surface area (Å²) in [4.78, 5) is 7.17. The summed E-state index contributed by atoms with van der Waals surface area (Å²) in [6, 6.07) is 5.40. The van der Waals surface area contributed by atoms with Crippen molar-refractivity contribution in [1.82, 2.24) is 10.3 Å². The summed E-state index contributed by atoms with van der Waals surface area (Å²) in [5, 5.41) is 3.50. The highest BCUT2D eigenvalue weighted by Crippen LogP contribution is 2.30. The molecule has 0 saturated carbocycles. The third-order valence-corrected chi connectivity index (χ3v) is 3.91. The molecular formula is C16H27N3. The maximum atomic E-state index is 4.66. The Morgan fingerprint density at radius 3 is 2.84 bits per heavy atom. The van der Waals surface area contributed by atoms with Gasteiger partial charge in [-0.2, -0.15) is 0 Å². The lowest BCUT2D eigenvalue weighted by molar-refractivity contribution is 0.487. The molecule has 1 aromatic heterocycles. The van der Waals surface area contributed by atoms with E-state index in [9.17, 15) is 0 Å². The van der Waals surface area contributed by atoms with Crippen molar-refractivity contribution < 1.29 is 0 Å². The molecule has 1 saturated heterocycles. The van der Waals surface area contributed by atoms with E-state index in [0.29, 0.717) is 18.0 Å². The van der Waals surface area contributed by atoms with E-state index in [2.05, 4.69) is 49.0 Å². The molecule has 106 valence electrons. The van der Waals surface area contributed by atoms with Gasteiger partial charge in [0.25, 0.3) is 0 Å². The molecule has 0 spiro atoms. The SMILES string of the molecule is CC(C)NCc1cccnc1N1CCCC1C(C)C. The van der Waals surface area contributed by atoms with Crippen molar-refractivity contribution in [3.05, 3.63) is 23.9 Å². The standard InChI is InChI=1S/C16H27N3/c1-12(2)15-8-6-10-19(15)16-14(7-5-9-17-16)11-18-13(3)4/h5,7,9,12-13,15,18H,6,8,10-11H2,1-4H3. The molecule has 0 bridgehead atoms. The number of nitrogens with one attached hydrogen (secondary N) is 1. The lowest BCUT2D eigenvalue weighted by Crippen LogP contribution is -2.35. The molecule has 1 atom stereocenters. The fraction of sp³-hybridized carbons (Fsp3) is 0.688. The molecule has 1 aliphatic heterocycles. The topological polar surface area (TPSA) is 28.2 Å². The van der Waals surface area contributed by atoms with E-state index in [4.69, 9.17) is 0 Å². The summed E-state index contributed by atoms with van der Waals surface area (Å²) < 4.78 is 0. The van der Waals surface area contributed by atoms with Gasteiger partial charge in [-0.25, -0.2) is 4.98 Å². The zero-order chi connectivity index (χ0) is 13.8. The van der Waals surface area contributed by atoms with Crippen LogP contribution in [0.1, 0.15) is 46.1 Å². The third kappa shape index (κ3) is 3.47. The Labute approximate surface area is 117 Å². The summed E-state index contributed by atoms with van der Waals surface area (Å²) in [5.74, 6) is 1.88. The van der Waals surface area contributed by atoms with Crippen LogP contribution in [0.2, 0.25) is 0 Å². The highest BCUT2D eigenvalue weighted by molar-refractivity contribution is 5.48. The Kier molecular flexibility index (Phi) is 4.81. The first-order valence-electron chi connectivity index (χ1n) is 7.53. The van der Waals surface area contributed by atoms with Crippen LogP contribution in [-0.4, -0.2) is 23.6 Å². The molecule has 1 fully saturated rings. The molecule has 3 heteroatoms. The van der Waals surface area contributed by atoms with Crippen molar-refractivity contribution in [1.29, 1.82) is 0 Å². The van der Waals surface area contributed by atoms with Crippen LogP contribution in [0.5, 0.6) is 0 Å². The number of aromatic nitrogens is 1. The maximum Gasteiger partial charge on any atom is 0.133 e. The van der Waals surface area contributed by atoms with Crippen LogP contribution in [0.4, 0.5) is 5.82 Å². The van der Waals surface area contributed by atoms with Crippen LogP contribution in [0.25, 0.3) is 0 Å². The summed E-state index contributed by atoms with van der Waals surface area (Å²) in [7, 11) is 0. The van der Waals surface area contributed by atoms with E-state index in [1.54, 1.807) is 0 Å². The highest BCUT2D eigenvalue weighted by atomic mass is 15.2. The van der Waals surface area contributed by atoms with Gasteiger partial charge in [0, 0.05) is 36.9 Å². The van der Waals surface area contributed by atoms with Gasteiger partial charge in [-0.3, -0.25) is 0 Å². The van der Waals surface area contributed by atoms with E-state index in [0.717, 1.165) is 13.1 Å². The quantitative estimate of drug-likeness (QED) is 0.882. The van der Waals surface area contributed by atoms with E-state index in [1.165, 1.54) is 24.2 Å².